The zero-order valence-electron chi connectivity index (χ0n) is 15.6. The molecule has 4 aromatic carbocycles. The molecule has 1 heterocycles. The van der Waals surface area contributed by atoms with Gasteiger partial charge in [0.25, 0.3) is 0 Å². The summed E-state index contributed by atoms with van der Waals surface area (Å²) in [5.74, 6) is -2.75. The molecule has 3 N–H and O–H groups in total. The van der Waals surface area contributed by atoms with E-state index in [-0.39, 0.29) is 22.6 Å². The van der Waals surface area contributed by atoms with E-state index in [0.717, 1.165) is 0 Å². The fraction of sp³-hybridized carbons (Fsp3) is 0. The van der Waals surface area contributed by atoms with Crippen LogP contribution >= 0.6 is 7.82 Å². The first-order valence-electron chi connectivity index (χ1n) is 9.07. The third-order valence-electron chi connectivity index (χ3n) is 5.16. The monoisotopic (exact) mass is 436 g/mol. The number of phosphoric acid groups is 1. The first-order chi connectivity index (χ1) is 14.8. The minimum atomic E-state index is -4.74. The van der Waals surface area contributed by atoms with Gasteiger partial charge in [0.1, 0.15) is 11.5 Å². The molecule has 1 aliphatic rings. The number of carbonyl (C=O) groups is 2. The fourth-order valence-corrected chi connectivity index (χ4v) is 4.80. The molecule has 4 aromatic rings. The quantitative estimate of drug-likeness (QED) is 0.377. The molecule has 0 aromatic heterocycles. The van der Waals surface area contributed by atoms with Crippen LogP contribution in [0.2, 0.25) is 0 Å². The maximum absolute atomic E-state index is 12.6. The normalized spacial score (nSPS) is 14.1. The van der Waals surface area contributed by atoms with Crippen LogP contribution in [-0.4, -0.2) is 27.0 Å². The van der Waals surface area contributed by atoms with E-state index in [4.69, 9.17) is 9.05 Å². The fourth-order valence-electron chi connectivity index (χ4n) is 3.98. The smallest absolute Gasteiger partial charge is 0.478 e. The second-order valence-electron chi connectivity index (χ2n) is 6.95. The molecule has 5 rings (SSSR count). The maximum Gasteiger partial charge on any atom is 0.584 e. The van der Waals surface area contributed by atoms with Gasteiger partial charge in [-0.3, -0.25) is 4.89 Å². The average molecular weight is 436 g/mol. The topological polar surface area (TPSA) is 130 Å². The standard InChI is InChI=1S/C22H13O8P/c23-21(24)15-9-17-19(13-7-3-1-5-11(13)15)20-14-8-4-2-6-12(14)16(22(25)26)10-18(20)30-31(27,28)29-17/h1-10H,(H,23,24)(H,25,26)(H,27,28). The average Bonchev–Trinajstić information content (AvgIpc) is 2.84. The highest BCUT2D eigenvalue weighted by atomic mass is 31.2. The van der Waals surface area contributed by atoms with Crippen molar-refractivity contribution >= 4 is 41.3 Å². The summed E-state index contributed by atoms with van der Waals surface area (Å²) in [6.45, 7) is 0. The Balaban J connectivity index is 2.04. The first kappa shape index (κ1) is 19.1. The Kier molecular flexibility index (Phi) is 4.05. The summed E-state index contributed by atoms with van der Waals surface area (Å²) >= 11 is 0. The third kappa shape index (κ3) is 2.92. The summed E-state index contributed by atoms with van der Waals surface area (Å²) in [5.41, 5.74) is 0.472. The van der Waals surface area contributed by atoms with Gasteiger partial charge < -0.3 is 19.3 Å². The number of rotatable bonds is 2. The molecule has 0 bridgehead atoms. The summed E-state index contributed by atoms with van der Waals surface area (Å²) in [6.07, 6.45) is 0. The highest BCUT2D eigenvalue weighted by molar-refractivity contribution is 7.48. The SMILES string of the molecule is O=C(O)c1cc2c(c3ccccc13)-c1c(cc(C(=O)O)c3ccccc13)OP(=O)(O)O2. The molecular formula is C22H13O8P. The van der Waals surface area contributed by atoms with Gasteiger partial charge >= 0.3 is 19.8 Å². The summed E-state index contributed by atoms with van der Waals surface area (Å²) < 4.78 is 23.1. The molecule has 9 heteroatoms. The van der Waals surface area contributed by atoms with E-state index in [9.17, 15) is 29.3 Å². The summed E-state index contributed by atoms with van der Waals surface area (Å²) in [5, 5.41) is 21.0. The molecule has 0 aliphatic carbocycles. The van der Waals surface area contributed by atoms with Crippen LogP contribution in [0, 0.1) is 0 Å². The van der Waals surface area contributed by atoms with Crippen LogP contribution < -0.4 is 9.05 Å². The molecule has 1 aliphatic heterocycles. The summed E-state index contributed by atoms with van der Waals surface area (Å²) in [6, 6.07) is 15.7. The predicted octanol–water partition coefficient (Wildman–Crippen LogP) is 4.93. The number of aromatic carboxylic acids is 2. The van der Waals surface area contributed by atoms with Crippen molar-refractivity contribution in [2.75, 3.05) is 0 Å². The second-order valence-corrected chi connectivity index (χ2v) is 8.25. The van der Waals surface area contributed by atoms with Crippen molar-refractivity contribution in [3.63, 3.8) is 0 Å². The van der Waals surface area contributed by atoms with Gasteiger partial charge in [-0.15, -0.1) is 0 Å². The van der Waals surface area contributed by atoms with Crippen molar-refractivity contribution in [3.8, 4) is 22.6 Å². The lowest BCUT2D eigenvalue weighted by atomic mass is 9.89. The number of carboxylic acid groups (broad SMARTS) is 2. The van der Waals surface area contributed by atoms with Gasteiger partial charge in [0.05, 0.1) is 11.1 Å². The maximum atomic E-state index is 12.6. The number of fused-ring (bicyclic) bond motifs is 7. The largest absolute Gasteiger partial charge is 0.584 e. The highest BCUT2D eigenvalue weighted by Gasteiger charge is 2.36. The summed E-state index contributed by atoms with van der Waals surface area (Å²) in [7, 11) is -4.74. The lowest BCUT2D eigenvalue weighted by Crippen LogP contribution is -2.01. The number of phosphoric ester groups is 1. The van der Waals surface area contributed by atoms with Crippen LogP contribution in [0.15, 0.2) is 60.7 Å². The zero-order valence-corrected chi connectivity index (χ0v) is 16.5. The van der Waals surface area contributed by atoms with Gasteiger partial charge in [-0.1, -0.05) is 48.5 Å². The van der Waals surface area contributed by atoms with Crippen LogP contribution in [0.1, 0.15) is 20.7 Å². The van der Waals surface area contributed by atoms with E-state index < -0.39 is 19.8 Å². The molecule has 0 fully saturated rings. The molecule has 154 valence electrons. The Morgan fingerprint density at radius 3 is 1.39 bits per heavy atom. The van der Waals surface area contributed by atoms with E-state index >= 15 is 0 Å². The van der Waals surface area contributed by atoms with E-state index in [1.54, 1.807) is 48.5 Å². The molecule has 0 radical (unpaired) electrons. The summed E-state index contributed by atoms with van der Waals surface area (Å²) in [4.78, 5) is 34.0. The van der Waals surface area contributed by atoms with E-state index in [2.05, 4.69) is 0 Å². The van der Waals surface area contributed by atoms with Gasteiger partial charge in [0.2, 0.25) is 0 Å². The molecular weight excluding hydrogens is 423 g/mol. The highest BCUT2D eigenvalue weighted by Crippen LogP contribution is 2.57. The van der Waals surface area contributed by atoms with Crippen molar-refractivity contribution in [2.45, 2.75) is 0 Å². The van der Waals surface area contributed by atoms with Crippen molar-refractivity contribution < 1.29 is 38.3 Å². The lowest BCUT2D eigenvalue weighted by molar-refractivity contribution is 0.0688. The van der Waals surface area contributed by atoms with Crippen molar-refractivity contribution in [3.05, 3.63) is 71.8 Å². The van der Waals surface area contributed by atoms with Crippen LogP contribution in [0.25, 0.3) is 32.7 Å². The van der Waals surface area contributed by atoms with Crippen molar-refractivity contribution in [2.24, 2.45) is 0 Å². The van der Waals surface area contributed by atoms with E-state index in [1.807, 2.05) is 0 Å². The van der Waals surface area contributed by atoms with Crippen LogP contribution in [0.5, 0.6) is 11.5 Å². The molecule has 31 heavy (non-hydrogen) atoms. The van der Waals surface area contributed by atoms with Gasteiger partial charge in [-0.25, -0.2) is 14.2 Å². The molecule has 0 amide bonds. The predicted molar refractivity (Wildman–Crippen MR) is 112 cm³/mol. The Labute approximate surface area is 174 Å². The van der Waals surface area contributed by atoms with Crippen molar-refractivity contribution in [1.29, 1.82) is 0 Å². The minimum Gasteiger partial charge on any atom is -0.478 e. The number of hydrogen-bond acceptors (Lipinski definition) is 5. The second kappa shape index (κ2) is 6.57. The van der Waals surface area contributed by atoms with Crippen LogP contribution in [0.4, 0.5) is 0 Å². The minimum absolute atomic E-state index is 0.107. The molecule has 0 atom stereocenters. The number of benzene rings is 4. The molecule has 0 spiro atoms. The third-order valence-corrected chi connectivity index (χ3v) is 6.01. The van der Waals surface area contributed by atoms with Crippen LogP contribution in [-0.2, 0) is 4.57 Å². The Morgan fingerprint density at radius 1 is 0.677 bits per heavy atom. The lowest BCUT2D eigenvalue weighted by Gasteiger charge is -2.15. The number of hydrogen-bond donors (Lipinski definition) is 3. The van der Waals surface area contributed by atoms with Gasteiger partial charge in [-0.2, -0.15) is 0 Å². The van der Waals surface area contributed by atoms with Crippen molar-refractivity contribution in [1.82, 2.24) is 0 Å². The first-order valence-corrected chi connectivity index (χ1v) is 10.6. The van der Waals surface area contributed by atoms with Gasteiger partial charge in [0.15, 0.2) is 0 Å². The van der Waals surface area contributed by atoms with E-state index in [0.29, 0.717) is 32.7 Å². The molecule has 8 nitrogen and oxygen atoms in total. The van der Waals surface area contributed by atoms with Gasteiger partial charge in [-0.05, 0) is 33.7 Å². The molecule has 0 saturated heterocycles. The molecule has 0 unspecified atom stereocenters. The van der Waals surface area contributed by atoms with Crippen LogP contribution in [0.3, 0.4) is 0 Å². The molecule has 0 saturated carbocycles. The number of carboxylic acids is 2. The van der Waals surface area contributed by atoms with Gasteiger partial charge in [0, 0.05) is 11.1 Å². The Hall–Kier alpha value is -3.87. The Bertz CT molecular complexity index is 1380. The van der Waals surface area contributed by atoms with E-state index in [1.165, 1.54) is 12.1 Å². The Morgan fingerprint density at radius 2 is 1.03 bits per heavy atom. The zero-order chi connectivity index (χ0) is 21.9.